The number of rotatable bonds is 9. The molecule has 5 heteroatoms. The van der Waals surface area contributed by atoms with Gasteiger partial charge in [0.2, 0.25) is 0 Å². The van der Waals surface area contributed by atoms with Crippen LogP contribution >= 0.6 is 0 Å². The number of halogens is 1. The summed E-state index contributed by atoms with van der Waals surface area (Å²) in [6.07, 6.45) is 3.62. The lowest BCUT2D eigenvalue weighted by molar-refractivity contribution is -0.144. The van der Waals surface area contributed by atoms with Gasteiger partial charge < -0.3 is 9.47 Å². The van der Waals surface area contributed by atoms with Crippen molar-refractivity contribution in [2.24, 2.45) is 0 Å². The molecule has 0 fully saturated rings. The lowest BCUT2D eigenvalue weighted by atomic mass is 10.2. The maximum absolute atomic E-state index is 12.9. The fourth-order valence-corrected chi connectivity index (χ4v) is 1.70. The summed E-state index contributed by atoms with van der Waals surface area (Å²) in [5, 5.41) is 0. The molecule has 0 radical (unpaired) electrons. The predicted molar refractivity (Wildman–Crippen MR) is 76.4 cm³/mol. The summed E-state index contributed by atoms with van der Waals surface area (Å²) in [6.45, 7) is 2.51. The Morgan fingerprint density at radius 2 is 1.86 bits per heavy atom. The summed E-state index contributed by atoms with van der Waals surface area (Å²) in [7, 11) is 0. The Morgan fingerprint density at radius 1 is 1.10 bits per heavy atom. The van der Waals surface area contributed by atoms with Crippen LogP contribution in [-0.4, -0.2) is 18.5 Å². The second-order valence-electron chi connectivity index (χ2n) is 4.71. The van der Waals surface area contributed by atoms with E-state index < -0.39 is 11.8 Å². The highest BCUT2D eigenvalue weighted by Crippen LogP contribution is 2.13. The molecule has 116 valence electrons. The van der Waals surface area contributed by atoms with Gasteiger partial charge in [-0.2, -0.15) is 0 Å². The van der Waals surface area contributed by atoms with E-state index in [4.69, 9.17) is 9.47 Å². The van der Waals surface area contributed by atoms with Crippen LogP contribution in [0.25, 0.3) is 0 Å². The smallest absolute Gasteiger partial charge is 0.311 e. The van der Waals surface area contributed by atoms with Gasteiger partial charge in [-0.25, -0.2) is 4.39 Å². The van der Waals surface area contributed by atoms with Gasteiger partial charge in [0.1, 0.15) is 11.6 Å². The molecule has 21 heavy (non-hydrogen) atoms. The number of unbranched alkanes of at least 4 members (excludes halogenated alkanes) is 2. The quantitative estimate of drug-likeness (QED) is 0.396. The van der Waals surface area contributed by atoms with Crippen molar-refractivity contribution in [2.75, 3.05) is 6.61 Å². The number of esters is 2. The molecule has 1 aromatic carbocycles. The highest BCUT2D eigenvalue weighted by molar-refractivity contribution is 5.74. The molecule has 1 aromatic rings. The van der Waals surface area contributed by atoms with Gasteiger partial charge in [0.25, 0.3) is 0 Å². The van der Waals surface area contributed by atoms with E-state index in [1.807, 2.05) is 0 Å². The minimum atomic E-state index is -0.487. The third kappa shape index (κ3) is 8.07. The highest BCUT2D eigenvalue weighted by Gasteiger charge is 2.08. The van der Waals surface area contributed by atoms with E-state index in [0.29, 0.717) is 13.0 Å². The van der Waals surface area contributed by atoms with Crippen molar-refractivity contribution in [3.8, 4) is 5.75 Å². The van der Waals surface area contributed by atoms with Crippen LogP contribution < -0.4 is 4.74 Å². The summed E-state index contributed by atoms with van der Waals surface area (Å²) >= 11 is 0. The van der Waals surface area contributed by atoms with Gasteiger partial charge in [-0.1, -0.05) is 25.8 Å². The normalized spacial score (nSPS) is 10.2. The average Bonchev–Trinajstić information content (AvgIpc) is 2.43. The molecule has 0 spiro atoms. The minimum Gasteiger partial charge on any atom is -0.466 e. The number of hydrogen-bond acceptors (Lipinski definition) is 4. The summed E-state index contributed by atoms with van der Waals surface area (Å²) in [4.78, 5) is 22.9. The monoisotopic (exact) mass is 296 g/mol. The van der Waals surface area contributed by atoms with Gasteiger partial charge in [0.05, 0.1) is 6.61 Å². The van der Waals surface area contributed by atoms with Crippen LogP contribution in [0.15, 0.2) is 24.3 Å². The molecule has 4 nitrogen and oxygen atoms in total. The first-order valence-electron chi connectivity index (χ1n) is 7.23. The van der Waals surface area contributed by atoms with Crippen molar-refractivity contribution in [3.63, 3.8) is 0 Å². The van der Waals surface area contributed by atoms with Crippen LogP contribution in [0.3, 0.4) is 0 Å². The molecule has 0 heterocycles. The zero-order chi connectivity index (χ0) is 15.5. The van der Waals surface area contributed by atoms with Crippen LogP contribution in [0.4, 0.5) is 4.39 Å². The van der Waals surface area contributed by atoms with Gasteiger partial charge in [-0.3, -0.25) is 9.59 Å². The molecule has 0 amide bonds. The molecule has 0 saturated carbocycles. The van der Waals surface area contributed by atoms with Crippen molar-refractivity contribution in [2.45, 2.75) is 45.4 Å². The molecule has 0 atom stereocenters. The second kappa shape index (κ2) is 9.91. The Bertz CT molecular complexity index is 459. The third-order valence-corrected chi connectivity index (χ3v) is 2.80. The van der Waals surface area contributed by atoms with Gasteiger partial charge in [-0.15, -0.1) is 0 Å². The van der Waals surface area contributed by atoms with E-state index in [0.717, 1.165) is 25.3 Å². The molecule has 0 aliphatic heterocycles. The molecule has 0 aliphatic rings. The number of benzene rings is 1. The fourth-order valence-electron chi connectivity index (χ4n) is 1.70. The molecule has 0 bridgehead atoms. The van der Waals surface area contributed by atoms with Gasteiger partial charge in [-0.05, 0) is 25.0 Å². The van der Waals surface area contributed by atoms with E-state index in [2.05, 4.69) is 6.92 Å². The van der Waals surface area contributed by atoms with E-state index in [9.17, 15) is 14.0 Å². The maximum Gasteiger partial charge on any atom is 0.311 e. The lowest BCUT2D eigenvalue weighted by Gasteiger charge is -2.05. The van der Waals surface area contributed by atoms with Crippen molar-refractivity contribution >= 4 is 11.9 Å². The van der Waals surface area contributed by atoms with Crippen molar-refractivity contribution in [3.05, 3.63) is 30.1 Å². The lowest BCUT2D eigenvalue weighted by Crippen LogP contribution is -2.10. The minimum absolute atomic E-state index is 0.0978. The summed E-state index contributed by atoms with van der Waals surface area (Å²) in [5.74, 6) is -1.08. The van der Waals surface area contributed by atoms with Crippen LogP contribution in [0.2, 0.25) is 0 Å². The number of ether oxygens (including phenoxy) is 2. The van der Waals surface area contributed by atoms with Crippen LogP contribution in [0.5, 0.6) is 5.75 Å². The molecule has 0 N–H and O–H groups in total. The first-order chi connectivity index (χ1) is 10.1. The molecule has 0 aromatic heterocycles. The van der Waals surface area contributed by atoms with Crippen LogP contribution in [0, 0.1) is 5.82 Å². The predicted octanol–water partition coefficient (Wildman–Crippen LogP) is 3.63. The topological polar surface area (TPSA) is 52.6 Å². The Labute approximate surface area is 124 Å². The zero-order valence-electron chi connectivity index (χ0n) is 12.3. The van der Waals surface area contributed by atoms with E-state index in [1.54, 1.807) is 0 Å². The third-order valence-electron chi connectivity index (χ3n) is 2.80. The number of hydrogen-bond donors (Lipinski definition) is 0. The Balaban J connectivity index is 2.14. The summed E-state index contributed by atoms with van der Waals surface area (Å²) < 4.78 is 22.9. The molecule has 0 aliphatic carbocycles. The van der Waals surface area contributed by atoms with Gasteiger partial charge in [0, 0.05) is 18.9 Å². The SMILES string of the molecule is CCCCCOC(=O)CCCC(=O)Oc1cccc(F)c1. The van der Waals surface area contributed by atoms with Crippen molar-refractivity contribution in [1.29, 1.82) is 0 Å². The Hall–Kier alpha value is -1.91. The average molecular weight is 296 g/mol. The van der Waals surface area contributed by atoms with E-state index >= 15 is 0 Å². The van der Waals surface area contributed by atoms with E-state index in [1.165, 1.54) is 18.2 Å². The molecular formula is C16H21FO4. The van der Waals surface area contributed by atoms with Crippen molar-refractivity contribution in [1.82, 2.24) is 0 Å². The second-order valence-corrected chi connectivity index (χ2v) is 4.71. The zero-order valence-corrected chi connectivity index (χ0v) is 12.3. The van der Waals surface area contributed by atoms with Crippen LogP contribution in [-0.2, 0) is 14.3 Å². The van der Waals surface area contributed by atoms with Gasteiger partial charge >= 0.3 is 11.9 Å². The van der Waals surface area contributed by atoms with Crippen molar-refractivity contribution < 1.29 is 23.5 Å². The summed E-state index contributed by atoms with van der Waals surface area (Å²) in [5.41, 5.74) is 0. The molecular weight excluding hydrogens is 275 g/mol. The van der Waals surface area contributed by atoms with Crippen LogP contribution in [0.1, 0.15) is 45.4 Å². The first kappa shape index (κ1) is 17.1. The highest BCUT2D eigenvalue weighted by atomic mass is 19.1. The summed E-state index contributed by atoms with van der Waals surface area (Å²) in [6, 6.07) is 5.38. The molecule has 0 unspecified atom stereocenters. The first-order valence-corrected chi connectivity index (χ1v) is 7.23. The number of carbonyl (C=O) groups is 2. The Kier molecular flexibility index (Phi) is 8.09. The van der Waals surface area contributed by atoms with E-state index in [-0.39, 0.29) is 24.6 Å². The number of carbonyl (C=O) groups excluding carboxylic acids is 2. The standard InChI is InChI=1S/C16H21FO4/c1-2-3-4-11-20-15(18)9-6-10-16(19)21-14-8-5-7-13(17)12-14/h5,7-8,12H,2-4,6,9-11H2,1H3. The maximum atomic E-state index is 12.9. The fraction of sp³-hybridized carbons (Fsp3) is 0.500. The molecule has 1 rings (SSSR count). The Morgan fingerprint density at radius 3 is 2.57 bits per heavy atom. The van der Waals surface area contributed by atoms with Gasteiger partial charge in [0.15, 0.2) is 0 Å². The molecule has 0 saturated heterocycles. The largest absolute Gasteiger partial charge is 0.466 e.